The number of carbonyl (C=O) groups excluding carboxylic acids is 4. The highest BCUT2D eigenvalue weighted by atomic mass is 16.6. The number of ether oxygens (including phenoxy) is 3. The number of alkyl carbamates (subject to hydrolysis) is 1. The fourth-order valence-corrected chi connectivity index (χ4v) is 5.90. The topological polar surface area (TPSA) is 123 Å². The van der Waals surface area contributed by atoms with Gasteiger partial charge in [-0.2, -0.15) is 0 Å². The molecule has 0 bridgehead atoms. The highest BCUT2D eigenvalue weighted by Gasteiger charge is 2.69. The number of rotatable bonds is 3. The molecular weight excluding hydrogens is 490 g/mol. The van der Waals surface area contributed by atoms with Crippen LogP contribution in [0.1, 0.15) is 87.0 Å². The highest BCUT2D eigenvalue weighted by Crippen LogP contribution is 2.65. The van der Waals surface area contributed by atoms with Gasteiger partial charge in [0.1, 0.15) is 23.7 Å². The lowest BCUT2D eigenvalue weighted by Crippen LogP contribution is -2.60. The molecule has 216 valence electrons. The lowest BCUT2D eigenvalue weighted by atomic mass is 9.98. The van der Waals surface area contributed by atoms with Crippen molar-refractivity contribution < 1.29 is 33.4 Å². The molecule has 3 fully saturated rings. The molecule has 3 rings (SSSR count). The standard InChI is InChI=1S/C28H47N3O7/c1-8-36-25(34)19-14-12-10-9-11-13-15-37-17(2)21(30-26(35)38-27(3,4)5)24(33)31-16-18-20(28(18,6)7)22(31)23(32)29-19/h17-22H,8-16H2,1-7H3,(H,29,32)(H,30,35)/t17-,18-,19-,20?,21-,22-/m0/s1. The van der Waals surface area contributed by atoms with Crippen LogP contribution >= 0.6 is 0 Å². The van der Waals surface area contributed by atoms with Crippen molar-refractivity contribution in [1.29, 1.82) is 0 Å². The Morgan fingerprint density at radius 2 is 1.79 bits per heavy atom. The number of hydrogen-bond donors (Lipinski definition) is 2. The minimum Gasteiger partial charge on any atom is -0.464 e. The Labute approximate surface area is 226 Å². The number of fused-ring (bicyclic) bond motifs is 3. The van der Waals surface area contributed by atoms with Crippen LogP contribution in [0.2, 0.25) is 0 Å². The molecule has 3 amide bonds. The average molecular weight is 538 g/mol. The molecule has 0 aromatic heterocycles. The maximum atomic E-state index is 14.0. The summed E-state index contributed by atoms with van der Waals surface area (Å²) in [5, 5.41) is 5.63. The van der Waals surface area contributed by atoms with Crippen LogP contribution in [0.25, 0.3) is 0 Å². The largest absolute Gasteiger partial charge is 0.464 e. The highest BCUT2D eigenvalue weighted by molar-refractivity contribution is 5.94. The third-order valence-electron chi connectivity index (χ3n) is 8.07. The van der Waals surface area contributed by atoms with Gasteiger partial charge in [-0.3, -0.25) is 9.59 Å². The minimum absolute atomic E-state index is 0.0356. The molecule has 10 nitrogen and oxygen atoms in total. The van der Waals surface area contributed by atoms with E-state index in [4.69, 9.17) is 14.2 Å². The summed E-state index contributed by atoms with van der Waals surface area (Å²) in [6.07, 6.45) is 3.59. The molecule has 10 heteroatoms. The molecular formula is C28H47N3O7. The van der Waals surface area contributed by atoms with Crippen molar-refractivity contribution in [2.75, 3.05) is 19.8 Å². The summed E-state index contributed by atoms with van der Waals surface area (Å²) in [4.78, 5) is 54.7. The first kappa shape index (κ1) is 30.2. The third kappa shape index (κ3) is 7.18. The number of esters is 1. The minimum atomic E-state index is -1.02. The third-order valence-corrected chi connectivity index (χ3v) is 8.07. The van der Waals surface area contributed by atoms with Gasteiger partial charge < -0.3 is 29.7 Å². The van der Waals surface area contributed by atoms with Gasteiger partial charge in [-0.1, -0.05) is 39.5 Å². The quantitative estimate of drug-likeness (QED) is 0.530. The van der Waals surface area contributed by atoms with E-state index in [1.54, 1.807) is 39.5 Å². The Hall–Kier alpha value is -2.36. The number of carbonyl (C=O) groups is 4. The Bertz CT molecular complexity index is 884. The van der Waals surface area contributed by atoms with E-state index in [0.717, 1.165) is 32.1 Å². The molecule has 2 heterocycles. The zero-order chi connectivity index (χ0) is 28.3. The van der Waals surface area contributed by atoms with E-state index in [0.29, 0.717) is 19.6 Å². The second-order valence-electron chi connectivity index (χ2n) is 12.5. The van der Waals surface area contributed by atoms with Gasteiger partial charge in [-0.15, -0.1) is 0 Å². The summed E-state index contributed by atoms with van der Waals surface area (Å²) in [6, 6.07) is -2.52. The second-order valence-corrected chi connectivity index (χ2v) is 12.5. The molecule has 2 saturated heterocycles. The van der Waals surface area contributed by atoms with Gasteiger partial charge in [0, 0.05) is 13.2 Å². The van der Waals surface area contributed by atoms with Crippen molar-refractivity contribution in [3.8, 4) is 0 Å². The Morgan fingerprint density at radius 3 is 2.45 bits per heavy atom. The van der Waals surface area contributed by atoms with Gasteiger partial charge in [0.2, 0.25) is 11.8 Å². The lowest BCUT2D eigenvalue weighted by molar-refractivity contribution is -0.149. The van der Waals surface area contributed by atoms with Gasteiger partial charge in [0.15, 0.2) is 0 Å². The monoisotopic (exact) mass is 537 g/mol. The molecule has 0 spiro atoms. The van der Waals surface area contributed by atoms with Crippen molar-refractivity contribution in [2.24, 2.45) is 17.3 Å². The molecule has 0 radical (unpaired) electrons. The van der Waals surface area contributed by atoms with E-state index < -0.39 is 41.9 Å². The van der Waals surface area contributed by atoms with Crippen LogP contribution in [-0.4, -0.2) is 78.4 Å². The second kappa shape index (κ2) is 12.2. The van der Waals surface area contributed by atoms with Gasteiger partial charge in [-0.25, -0.2) is 9.59 Å². The molecule has 2 aliphatic heterocycles. The van der Waals surface area contributed by atoms with Crippen molar-refractivity contribution in [3.05, 3.63) is 0 Å². The van der Waals surface area contributed by atoms with Crippen LogP contribution in [0.5, 0.6) is 0 Å². The van der Waals surface area contributed by atoms with Gasteiger partial charge in [0.05, 0.1) is 12.7 Å². The summed E-state index contributed by atoms with van der Waals surface area (Å²) < 4.78 is 16.7. The van der Waals surface area contributed by atoms with E-state index >= 15 is 0 Å². The summed E-state index contributed by atoms with van der Waals surface area (Å²) in [6.45, 7) is 14.0. The molecule has 0 aromatic rings. The van der Waals surface area contributed by atoms with Gasteiger partial charge in [-0.05, 0) is 64.7 Å². The van der Waals surface area contributed by atoms with E-state index in [9.17, 15) is 19.2 Å². The van der Waals surface area contributed by atoms with Crippen LogP contribution in [-0.2, 0) is 28.6 Å². The predicted molar refractivity (Wildman–Crippen MR) is 141 cm³/mol. The first-order chi connectivity index (χ1) is 17.8. The maximum Gasteiger partial charge on any atom is 0.408 e. The molecule has 6 atom stereocenters. The van der Waals surface area contributed by atoms with Crippen molar-refractivity contribution in [1.82, 2.24) is 15.5 Å². The average Bonchev–Trinajstić information content (AvgIpc) is 3.15. The van der Waals surface area contributed by atoms with Crippen molar-refractivity contribution in [2.45, 2.75) is 117 Å². The summed E-state index contributed by atoms with van der Waals surface area (Å²) in [5.41, 5.74) is -0.839. The smallest absolute Gasteiger partial charge is 0.408 e. The lowest BCUT2D eigenvalue weighted by Gasteiger charge is -2.35. The van der Waals surface area contributed by atoms with E-state index in [1.165, 1.54) is 0 Å². The van der Waals surface area contributed by atoms with Crippen LogP contribution in [0.15, 0.2) is 0 Å². The van der Waals surface area contributed by atoms with Gasteiger partial charge in [0.25, 0.3) is 0 Å². The summed E-state index contributed by atoms with van der Waals surface area (Å²) in [5.74, 6) is -1.07. The Kier molecular flexibility index (Phi) is 9.71. The van der Waals surface area contributed by atoms with Crippen LogP contribution < -0.4 is 10.6 Å². The molecule has 3 aliphatic rings. The maximum absolute atomic E-state index is 14.0. The zero-order valence-electron chi connectivity index (χ0n) is 24.1. The number of nitrogens with one attached hydrogen (secondary N) is 2. The van der Waals surface area contributed by atoms with Crippen LogP contribution in [0.3, 0.4) is 0 Å². The normalized spacial score (nSPS) is 32.4. The molecule has 38 heavy (non-hydrogen) atoms. The van der Waals surface area contributed by atoms with Crippen molar-refractivity contribution in [3.63, 3.8) is 0 Å². The van der Waals surface area contributed by atoms with E-state index in [-0.39, 0.29) is 35.7 Å². The summed E-state index contributed by atoms with van der Waals surface area (Å²) >= 11 is 0. The number of amides is 3. The molecule has 0 aromatic carbocycles. The molecule has 1 aliphatic carbocycles. The predicted octanol–water partition coefficient (Wildman–Crippen LogP) is 3.17. The first-order valence-electron chi connectivity index (χ1n) is 14.2. The SMILES string of the molecule is CCOC(=O)[C@@H]1CCCCCCCO[C@@H](C)[C@H](NC(=O)OC(C)(C)C)C(=O)N2C[C@H]3C([C@H]2C(=O)N1)C3(C)C. The Morgan fingerprint density at radius 1 is 1.13 bits per heavy atom. The van der Waals surface area contributed by atoms with Gasteiger partial charge >= 0.3 is 12.1 Å². The number of hydrogen-bond acceptors (Lipinski definition) is 7. The number of nitrogens with zero attached hydrogens (tertiary/aromatic N) is 1. The van der Waals surface area contributed by atoms with E-state index in [1.807, 2.05) is 0 Å². The first-order valence-corrected chi connectivity index (χ1v) is 14.2. The molecule has 1 saturated carbocycles. The fraction of sp³-hybridized carbons (Fsp3) is 0.857. The molecule has 1 unspecified atom stereocenters. The summed E-state index contributed by atoms with van der Waals surface area (Å²) in [7, 11) is 0. The number of piperidine rings is 1. The zero-order valence-corrected chi connectivity index (χ0v) is 24.1. The molecule has 2 N–H and O–H groups in total. The van der Waals surface area contributed by atoms with E-state index in [2.05, 4.69) is 24.5 Å². The van der Waals surface area contributed by atoms with Crippen LogP contribution in [0, 0.1) is 17.3 Å². The van der Waals surface area contributed by atoms with Crippen molar-refractivity contribution >= 4 is 23.9 Å². The van der Waals surface area contributed by atoms with Crippen LogP contribution in [0.4, 0.5) is 4.79 Å². The fourth-order valence-electron chi connectivity index (χ4n) is 5.90. The Balaban J connectivity index is 1.89.